The molecule has 1 unspecified atom stereocenters. The fourth-order valence-electron chi connectivity index (χ4n) is 1.73. The van der Waals surface area contributed by atoms with Crippen molar-refractivity contribution in [1.82, 2.24) is 5.32 Å². The highest BCUT2D eigenvalue weighted by molar-refractivity contribution is 5.38. The molecular weight excluding hydrogens is 214 g/mol. The van der Waals surface area contributed by atoms with Crippen molar-refractivity contribution in [3.8, 4) is 5.75 Å². The predicted molar refractivity (Wildman–Crippen MR) is 70.8 cm³/mol. The topological polar surface area (TPSA) is 30.5 Å². The number of nitrogens with one attached hydrogen (secondary N) is 1. The van der Waals surface area contributed by atoms with E-state index in [0.29, 0.717) is 13.2 Å². The number of ether oxygens (including phenoxy) is 2. The number of likely N-dealkylation sites (N-methyl/N-ethyl adjacent to an activating group) is 1. The van der Waals surface area contributed by atoms with Crippen LogP contribution >= 0.6 is 0 Å². The zero-order valence-electron chi connectivity index (χ0n) is 11.2. The smallest absolute Gasteiger partial charge is 0.122 e. The van der Waals surface area contributed by atoms with Gasteiger partial charge in [0.2, 0.25) is 0 Å². The quantitative estimate of drug-likeness (QED) is 0.789. The molecule has 0 aromatic heterocycles. The van der Waals surface area contributed by atoms with Gasteiger partial charge in [-0.3, -0.25) is 0 Å². The number of methoxy groups -OCH3 is 1. The Bertz CT molecular complexity index is 333. The van der Waals surface area contributed by atoms with Crippen LogP contribution in [-0.2, 0) is 4.74 Å². The molecule has 0 bridgehead atoms. The Morgan fingerprint density at radius 2 is 2.00 bits per heavy atom. The summed E-state index contributed by atoms with van der Waals surface area (Å²) in [5.41, 5.74) is 2.47. The van der Waals surface area contributed by atoms with Gasteiger partial charge in [-0.2, -0.15) is 0 Å². The number of hydrogen-bond acceptors (Lipinski definition) is 3. The highest BCUT2D eigenvalue weighted by Crippen LogP contribution is 2.20. The number of rotatable bonds is 7. The number of benzene rings is 1. The maximum atomic E-state index is 5.84. The molecule has 1 rings (SSSR count). The molecule has 0 heterocycles. The van der Waals surface area contributed by atoms with E-state index in [1.54, 1.807) is 7.11 Å². The third-order valence-corrected chi connectivity index (χ3v) is 2.86. The van der Waals surface area contributed by atoms with Crippen LogP contribution in [0.25, 0.3) is 0 Å². The van der Waals surface area contributed by atoms with Crippen LogP contribution in [0.5, 0.6) is 5.75 Å². The van der Waals surface area contributed by atoms with E-state index >= 15 is 0 Å². The largest absolute Gasteiger partial charge is 0.492 e. The fourth-order valence-corrected chi connectivity index (χ4v) is 1.73. The van der Waals surface area contributed by atoms with Gasteiger partial charge < -0.3 is 14.8 Å². The minimum atomic E-state index is 0.241. The molecule has 0 aliphatic carbocycles. The molecule has 3 nitrogen and oxygen atoms in total. The van der Waals surface area contributed by atoms with Crippen molar-refractivity contribution in [3.63, 3.8) is 0 Å². The normalized spacial score (nSPS) is 12.5. The van der Waals surface area contributed by atoms with Crippen molar-refractivity contribution in [2.45, 2.75) is 26.8 Å². The van der Waals surface area contributed by atoms with E-state index in [2.05, 4.69) is 32.2 Å². The molecule has 0 aliphatic rings. The molecule has 0 spiro atoms. The first-order chi connectivity index (χ1) is 8.19. The summed E-state index contributed by atoms with van der Waals surface area (Å²) in [7, 11) is 1.71. The van der Waals surface area contributed by atoms with Gasteiger partial charge in [-0.25, -0.2) is 0 Å². The predicted octanol–water partition coefficient (Wildman–Crippen LogP) is 2.31. The van der Waals surface area contributed by atoms with Gasteiger partial charge in [-0.15, -0.1) is 0 Å². The Hall–Kier alpha value is -1.06. The molecule has 1 aromatic rings. The Morgan fingerprint density at radius 1 is 1.24 bits per heavy atom. The van der Waals surface area contributed by atoms with E-state index in [4.69, 9.17) is 9.47 Å². The Morgan fingerprint density at radius 3 is 2.65 bits per heavy atom. The summed E-state index contributed by atoms with van der Waals surface area (Å²) in [6.07, 6.45) is 0. The van der Waals surface area contributed by atoms with Crippen LogP contribution in [0.15, 0.2) is 18.2 Å². The second-order valence-electron chi connectivity index (χ2n) is 4.22. The van der Waals surface area contributed by atoms with E-state index in [1.165, 1.54) is 11.1 Å². The zero-order chi connectivity index (χ0) is 12.7. The van der Waals surface area contributed by atoms with Crippen LogP contribution in [0.3, 0.4) is 0 Å². The molecule has 1 N–H and O–H groups in total. The van der Waals surface area contributed by atoms with Gasteiger partial charge in [0.25, 0.3) is 0 Å². The second kappa shape index (κ2) is 7.30. The highest BCUT2D eigenvalue weighted by atomic mass is 16.5. The molecule has 1 aromatic carbocycles. The molecule has 3 heteroatoms. The fraction of sp³-hybridized carbons (Fsp3) is 0.571. The third-order valence-electron chi connectivity index (χ3n) is 2.86. The first-order valence-electron chi connectivity index (χ1n) is 6.10. The lowest BCUT2D eigenvalue weighted by molar-refractivity contribution is 0.136. The molecule has 96 valence electrons. The van der Waals surface area contributed by atoms with E-state index in [1.807, 2.05) is 12.1 Å². The minimum Gasteiger partial charge on any atom is -0.492 e. The second-order valence-corrected chi connectivity index (χ2v) is 4.22. The van der Waals surface area contributed by atoms with Gasteiger partial charge >= 0.3 is 0 Å². The first kappa shape index (κ1) is 14.0. The Labute approximate surface area is 104 Å². The zero-order valence-corrected chi connectivity index (χ0v) is 11.2. The van der Waals surface area contributed by atoms with Crippen molar-refractivity contribution in [3.05, 3.63) is 29.3 Å². The van der Waals surface area contributed by atoms with Crippen molar-refractivity contribution in [2.24, 2.45) is 0 Å². The summed E-state index contributed by atoms with van der Waals surface area (Å²) >= 11 is 0. The highest BCUT2D eigenvalue weighted by Gasteiger charge is 2.09. The van der Waals surface area contributed by atoms with Crippen LogP contribution < -0.4 is 10.1 Å². The molecule has 0 fully saturated rings. The van der Waals surface area contributed by atoms with Crippen molar-refractivity contribution in [2.75, 3.05) is 26.9 Å². The van der Waals surface area contributed by atoms with Gasteiger partial charge in [0.15, 0.2) is 0 Å². The van der Waals surface area contributed by atoms with Crippen LogP contribution in [0.2, 0.25) is 0 Å². The summed E-state index contributed by atoms with van der Waals surface area (Å²) in [5.74, 6) is 0.962. The molecule has 0 amide bonds. The van der Waals surface area contributed by atoms with Crippen molar-refractivity contribution >= 4 is 0 Å². The van der Waals surface area contributed by atoms with Gasteiger partial charge in [0, 0.05) is 7.11 Å². The molecule has 0 saturated heterocycles. The maximum Gasteiger partial charge on any atom is 0.122 e. The van der Waals surface area contributed by atoms with Crippen molar-refractivity contribution < 1.29 is 9.47 Å². The summed E-state index contributed by atoms with van der Waals surface area (Å²) in [6.45, 7) is 8.48. The molecule has 0 aliphatic heterocycles. The van der Waals surface area contributed by atoms with E-state index in [0.717, 1.165) is 12.3 Å². The first-order valence-corrected chi connectivity index (χ1v) is 6.10. The van der Waals surface area contributed by atoms with E-state index in [-0.39, 0.29) is 6.04 Å². The van der Waals surface area contributed by atoms with E-state index < -0.39 is 0 Å². The van der Waals surface area contributed by atoms with Gasteiger partial charge in [0.1, 0.15) is 12.4 Å². The lowest BCUT2D eigenvalue weighted by Gasteiger charge is -2.18. The van der Waals surface area contributed by atoms with Crippen molar-refractivity contribution in [1.29, 1.82) is 0 Å². The summed E-state index contributed by atoms with van der Waals surface area (Å²) in [6, 6.07) is 6.37. The Balaban J connectivity index is 2.55. The standard InChI is InChI=1S/C14H23NO2/c1-5-15-13(9-16-4)10-17-14-8-6-7-11(2)12(14)3/h6-8,13,15H,5,9-10H2,1-4H3. The average molecular weight is 237 g/mol. The minimum absolute atomic E-state index is 0.241. The molecule has 0 saturated carbocycles. The van der Waals surface area contributed by atoms with Crippen LogP contribution in [0.4, 0.5) is 0 Å². The lowest BCUT2D eigenvalue weighted by Crippen LogP contribution is -2.38. The monoisotopic (exact) mass is 237 g/mol. The lowest BCUT2D eigenvalue weighted by atomic mass is 10.1. The van der Waals surface area contributed by atoms with Crippen LogP contribution in [0.1, 0.15) is 18.1 Å². The SMILES string of the molecule is CCNC(COC)COc1cccc(C)c1C. The van der Waals surface area contributed by atoms with Crippen LogP contribution in [-0.4, -0.2) is 32.9 Å². The molecular formula is C14H23NO2. The molecule has 17 heavy (non-hydrogen) atoms. The summed E-state index contributed by atoms with van der Waals surface area (Å²) < 4.78 is 11.0. The number of hydrogen-bond donors (Lipinski definition) is 1. The Kier molecular flexibility index (Phi) is 6.01. The number of aryl methyl sites for hydroxylation is 1. The maximum absolute atomic E-state index is 5.84. The average Bonchev–Trinajstić information content (AvgIpc) is 2.31. The van der Waals surface area contributed by atoms with Crippen LogP contribution in [0, 0.1) is 13.8 Å². The summed E-state index contributed by atoms with van der Waals surface area (Å²) in [4.78, 5) is 0. The third kappa shape index (κ3) is 4.36. The molecule has 0 radical (unpaired) electrons. The summed E-state index contributed by atoms with van der Waals surface area (Å²) in [5, 5.41) is 3.34. The van der Waals surface area contributed by atoms with Gasteiger partial charge in [-0.1, -0.05) is 19.1 Å². The van der Waals surface area contributed by atoms with Gasteiger partial charge in [-0.05, 0) is 37.6 Å². The van der Waals surface area contributed by atoms with E-state index in [9.17, 15) is 0 Å². The van der Waals surface area contributed by atoms with Gasteiger partial charge in [0.05, 0.1) is 12.6 Å². The molecule has 1 atom stereocenters.